The molecule has 0 radical (unpaired) electrons. The molecule has 0 saturated carbocycles. The summed E-state index contributed by atoms with van der Waals surface area (Å²) in [7, 11) is 0. The summed E-state index contributed by atoms with van der Waals surface area (Å²) in [4.78, 5) is 13.9. The van der Waals surface area contributed by atoms with Gasteiger partial charge in [-0.25, -0.2) is 0 Å². The Morgan fingerprint density at radius 2 is 1.94 bits per heavy atom. The number of benzene rings is 1. The molecule has 3 heteroatoms. The zero-order valence-electron chi connectivity index (χ0n) is 11.1. The summed E-state index contributed by atoms with van der Waals surface area (Å²) in [6, 6.07) is 10.4. The first kappa shape index (κ1) is 15.2. The fourth-order valence-electron chi connectivity index (χ4n) is 1.96. The second-order valence-corrected chi connectivity index (χ2v) is 5.15. The highest BCUT2D eigenvalue weighted by Gasteiger charge is 2.10. The van der Waals surface area contributed by atoms with Crippen LogP contribution in [0.25, 0.3) is 0 Å². The Kier molecular flexibility index (Phi) is 7.74. The highest BCUT2D eigenvalue weighted by atomic mass is 79.9. The minimum Gasteiger partial charge on any atom is -0.343 e. The number of hydrogen-bond donors (Lipinski definition) is 0. The van der Waals surface area contributed by atoms with Gasteiger partial charge >= 0.3 is 0 Å². The lowest BCUT2D eigenvalue weighted by Gasteiger charge is -2.20. The highest BCUT2D eigenvalue weighted by molar-refractivity contribution is 9.09. The molecular weight excluding hydrogens is 290 g/mol. The monoisotopic (exact) mass is 311 g/mol. The first-order valence-electron chi connectivity index (χ1n) is 6.65. The van der Waals surface area contributed by atoms with Crippen LogP contribution < -0.4 is 0 Å². The maximum Gasteiger partial charge on any atom is 0.222 e. The molecule has 0 N–H and O–H groups in total. The van der Waals surface area contributed by atoms with E-state index >= 15 is 0 Å². The number of carbonyl (C=O) groups excluding carboxylic acids is 1. The van der Waals surface area contributed by atoms with Crippen LogP contribution in [0, 0.1) is 0 Å². The van der Waals surface area contributed by atoms with E-state index < -0.39 is 0 Å². The summed E-state index contributed by atoms with van der Waals surface area (Å²) in [5, 5.41) is 0.959. The topological polar surface area (TPSA) is 20.3 Å². The largest absolute Gasteiger partial charge is 0.343 e. The second-order valence-electron chi connectivity index (χ2n) is 4.36. The Balaban J connectivity index is 2.27. The molecule has 0 spiro atoms. The Bertz CT molecular complexity index is 340. The number of halogens is 1. The number of hydrogen-bond acceptors (Lipinski definition) is 1. The van der Waals surface area contributed by atoms with E-state index in [1.54, 1.807) is 0 Å². The third-order valence-electron chi connectivity index (χ3n) is 3.00. The van der Waals surface area contributed by atoms with E-state index in [2.05, 4.69) is 28.1 Å². The lowest BCUT2D eigenvalue weighted by Crippen LogP contribution is -2.31. The molecule has 0 aliphatic rings. The van der Waals surface area contributed by atoms with Crippen LogP contribution in [0.15, 0.2) is 30.3 Å². The van der Waals surface area contributed by atoms with Gasteiger partial charge in [-0.1, -0.05) is 46.3 Å². The van der Waals surface area contributed by atoms with Crippen LogP contribution in [-0.2, 0) is 11.2 Å². The Morgan fingerprint density at radius 1 is 1.22 bits per heavy atom. The normalized spacial score (nSPS) is 10.3. The Hall–Kier alpha value is -0.830. The van der Waals surface area contributed by atoms with E-state index in [4.69, 9.17) is 0 Å². The van der Waals surface area contributed by atoms with Gasteiger partial charge in [-0.15, -0.1) is 0 Å². The molecule has 0 bridgehead atoms. The lowest BCUT2D eigenvalue weighted by molar-refractivity contribution is -0.131. The van der Waals surface area contributed by atoms with Crippen molar-refractivity contribution in [3.63, 3.8) is 0 Å². The lowest BCUT2D eigenvalue weighted by atomic mass is 10.1. The van der Waals surface area contributed by atoms with Gasteiger partial charge in [-0.05, 0) is 31.7 Å². The van der Waals surface area contributed by atoms with E-state index in [9.17, 15) is 4.79 Å². The molecule has 0 fully saturated rings. The molecule has 18 heavy (non-hydrogen) atoms. The van der Waals surface area contributed by atoms with Gasteiger partial charge in [-0.3, -0.25) is 4.79 Å². The smallest absolute Gasteiger partial charge is 0.222 e. The van der Waals surface area contributed by atoms with Crippen LogP contribution in [0.3, 0.4) is 0 Å². The maximum absolute atomic E-state index is 12.0. The third kappa shape index (κ3) is 5.67. The van der Waals surface area contributed by atoms with Crippen molar-refractivity contribution in [1.82, 2.24) is 4.90 Å². The number of aryl methyl sites for hydroxylation is 1. The minimum absolute atomic E-state index is 0.286. The molecule has 1 rings (SSSR count). The van der Waals surface area contributed by atoms with E-state index in [1.165, 1.54) is 5.56 Å². The van der Waals surface area contributed by atoms with Crippen molar-refractivity contribution < 1.29 is 4.79 Å². The molecule has 0 saturated heterocycles. The second kappa shape index (κ2) is 9.15. The van der Waals surface area contributed by atoms with Crippen LogP contribution in [0.4, 0.5) is 0 Å². The van der Waals surface area contributed by atoms with Crippen LogP contribution in [0.1, 0.15) is 31.7 Å². The molecular formula is C15H22BrNO. The van der Waals surface area contributed by atoms with Crippen molar-refractivity contribution in [2.75, 3.05) is 18.4 Å². The molecule has 0 unspecified atom stereocenters. The predicted molar refractivity (Wildman–Crippen MR) is 80.0 cm³/mol. The first-order valence-corrected chi connectivity index (χ1v) is 7.77. The average Bonchev–Trinajstić information content (AvgIpc) is 2.41. The molecule has 0 heterocycles. The zero-order valence-corrected chi connectivity index (χ0v) is 12.7. The average molecular weight is 312 g/mol. The Morgan fingerprint density at radius 3 is 2.56 bits per heavy atom. The number of nitrogens with zero attached hydrogens (tertiary/aromatic N) is 1. The summed E-state index contributed by atoms with van der Waals surface area (Å²) in [6.07, 6.45) is 3.61. The van der Waals surface area contributed by atoms with E-state index in [-0.39, 0.29) is 5.91 Å². The molecule has 0 aliphatic carbocycles. The summed E-state index contributed by atoms with van der Waals surface area (Å²) in [5.41, 5.74) is 1.31. The van der Waals surface area contributed by atoms with E-state index in [0.717, 1.165) is 37.7 Å². The predicted octanol–water partition coefficient (Wildman–Crippen LogP) is 3.64. The van der Waals surface area contributed by atoms with Gasteiger partial charge in [0.2, 0.25) is 5.91 Å². The van der Waals surface area contributed by atoms with Gasteiger partial charge < -0.3 is 4.90 Å². The molecule has 0 aliphatic heterocycles. The minimum atomic E-state index is 0.286. The maximum atomic E-state index is 12.0. The van der Waals surface area contributed by atoms with Gasteiger partial charge in [0.25, 0.3) is 0 Å². The molecule has 1 amide bonds. The number of rotatable bonds is 8. The third-order valence-corrected chi connectivity index (χ3v) is 3.56. The van der Waals surface area contributed by atoms with Gasteiger partial charge in [-0.2, -0.15) is 0 Å². The molecule has 0 atom stereocenters. The van der Waals surface area contributed by atoms with Crippen LogP contribution in [-0.4, -0.2) is 29.2 Å². The van der Waals surface area contributed by atoms with Crippen molar-refractivity contribution in [2.45, 2.75) is 32.6 Å². The van der Waals surface area contributed by atoms with Gasteiger partial charge in [0.05, 0.1) is 0 Å². The van der Waals surface area contributed by atoms with Gasteiger partial charge in [0, 0.05) is 24.8 Å². The summed E-state index contributed by atoms with van der Waals surface area (Å²) >= 11 is 3.40. The van der Waals surface area contributed by atoms with Crippen LogP contribution >= 0.6 is 15.9 Å². The number of amides is 1. The number of carbonyl (C=O) groups is 1. The fraction of sp³-hybridized carbons (Fsp3) is 0.533. The molecule has 2 nitrogen and oxygen atoms in total. The quantitative estimate of drug-likeness (QED) is 0.671. The zero-order chi connectivity index (χ0) is 13.2. The first-order chi connectivity index (χ1) is 8.77. The van der Waals surface area contributed by atoms with E-state index in [0.29, 0.717) is 6.42 Å². The van der Waals surface area contributed by atoms with Crippen molar-refractivity contribution in [2.24, 2.45) is 0 Å². The van der Waals surface area contributed by atoms with Gasteiger partial charge in [0.15, 0.2) is 0 Å². The van der Waals surface area contributed by atoms with Crippen molar-refractivity contribution in [3.8, 4) is 0 Å². The molecule has 1 aromatic rings. The standard InChI is InChI=1S/C15H22BrNO/c1-2-17(13-7-12-16)15(18)11-6-10-14-8-4-3-5-9-14/h3-5,8-9H,2,6-7,10-13H2,1H3. The molecule has 0 aromatic heterocycles. The van der Waals surface area contributed by atoms with Crippen LogP contribution in [0.2, 0.25) is 0 Å². The number of alkyl halides is 1. The molecule has 1 aromatic carbocycles. The SMILES string of the molecule is CCN(CCCBr)C(=O)CCCc1ccccc1. The van der Waals surface area contributed by atoms with Gasteiger partial charge in [0.1, 0.15) is 0 Å². The Labute approximate surface area is 119 Å². The highest BCUT2D eigenvalue weighted by Crippen LogP contribution is 2.07. The van der Waals surface area contributed by atoms with Crippen molar-refractivity contribution in [3.05, 3.63) is 35.9 Å². The summed E-state index contributed by atoms with van der Waals surface area (Å²) < 4.78 is 0. The van der Waals surface area contributed by atoms with Crippen LogP contribution in [0.5, 0.6) is 0 Å². The summed E-state index contributed by atoms with van der Waals surface area (Å²) in [5.74, 6) is 0.286. The van der Waals surface area contributed by atoms with Crippen molar-refractivity contribution >= 4 is 21.8 Å². The fourth-order valence-corrected chi connectivity index (χ4v) is 2.21. The molecule has 100 valence electrons. The van der Waals surface area contributed by atoms with E-state index in [1.807, 2.05) is 30.0 Å². The van der Waals surface area contributed by atoms with Crippen molar-refractivity contribution in [1.29, 1.82) is 0 Å². The summed E-state index contributed by atoms with van der Waals surface area (Å²) in [6.45, 7) is 3.73.